The maximum absolute atomic E-state index is 9.10. The number of nitrogens with zero attached hydrogens (tertiary/aromatic N) is 1. The van der Waals surface area contributed by atoms with Crippen molar-refractivity contribution >= 4 is 11.8 Å². The topological polar surface area (TPSA) is 32.6 Å². The molecule has 0 saturated heterocycles. The Kier molecular flexibility index (Phi) is 4.37. The summed E-state index contributed by atoms with van der Waals surface area (Å²) in [5, 5.41) is 12.6. The lowest BCUT2D eigenvalue weighted by atomic mass is 9.93. The molecule has 1 aromatic rings. The molecule has 0 aromatic heterocycles. The first kappa shape index (κ1) is 11.9. The predicted octanol–water partition coefficient (Wildman–Crippen LogP) is 4.25. The van der Waals surface area contributed by atoms with Crippen LogP contribution < -0.4 is 0 Å². The quantitative estimate of drug-likeness (QED) is 0.566. The first-order chi connectivity index (χ1) is 8.40. The molecule has 1 aromatic carbocycles. The van der Waals surface area contributed by atoms with E-state index >= 15 is 0 Å². The number of benzene rings is 1. The van der Waals surface area contributed by atoms with Crippen LogP contribution in [0, 0.1) is 0 Å². The van der Waals surface area contributed by atoms with Gasteiger partial charge in [0, 0.05) is 0 Å². The molecule has 1 aliphatic rings. The lowest BCUT2D eigenvalue weighted by Crippen LogP contribution is -2.06. The summed E-state index contributed by atoms with van der Waals surface area (Å²) in [5.41, 5.74) is 3.25. The Balaban J connectivity index is 2.23. The Morgan fingerprint density at radius 1 is 0.941 bits per heavy atom. The lowest BCUT2D eigenvalue weighted by molar-refractivity contribution is 0.317. The Labute approximate surface area is 103 Å². The van der Waals surface area contributed by atoms with E-state index in [1.54, 1.807) is 0 Å². The van der Waals surface area contributed by atoms with Gasteiger partial charge in [-0.2, -0.15) is 0 Å². The van der Waals surface area contributed by atoms with Crippen LogP contribution in [0.4, 0.5) is 0 Å². The molecule has 17 heavy (non-hydrogen) atoms. The van der Waals surface area contributed by atoms with Crippen molar-refractivity contribution < 1.29 is 5.21 Å². The Hall–Kier alpha value is -1.57. The van der Waals surface area contributed by atoms with E-state index in [2.05, 4.69) is 23.4 Å². The van der Waals surface area contributed by atoms with Crippen LogP contribution in [0.15, 0.2) is 41.1 Å². The highest BCUT2D eigenvalue weighted by Gasteiger charge is 2.11. The van der Waals surface area contributed by atoms with Gasteiger partial charge in [-0.1, -0.05) is 48.3 Å². The summed E-state index contributed by atoms with van der Waals surface area (Å²) in [6, 6.07) is 10.2. The van der Waals surface area contributed by atoms with Crippen LogP contribution in [0.2, 0.25) is 0 Å². The van der Waals surface area contributed by atoms with Gasteiger partial charge in [0.05, 0.1) is 5.71 Å². The number of hydrogen-bond acceptors (Lipinski definition) is 2. The van der Waals surface area contributed by atoms with Gasteiger partial charge in [-0.25, -0.2) is 0 Å². The van der Waals surface area contributed by atoms with Crippen LogP contribution in [0.1, 0.15) is 44.1 Å². The predicted molar refractivity (Wildman–Crippen MR) is 71.3 cm³/mol. The average Bonchev–Trinajstić information content (AvgIpc) is 2.34. The van der Waals surface area contributed by atoms with Crippen molar-refractivity contribution in [3.63, 3.8) is 0 Å². The van der Waals surface area contributed by atoms with Crippen molar-refractivity contribution in [2.45, 2.75) is 38.5 Å². The second-order valence-corrected chi connectivity index (χ2v) is 4.54. The van der Waals surface area contributed by atoms with Crippen molar-refractivity contribution in [2.24, 2.45) is 5.16 Å². The van der Waals surface area contributed by atoms with Crippen molar-refractivity contribution in [1.29, 1.82) is 0 Å². The van der Waals surface area contributed by atoms with Gasteiger partial charge in [0.25, 0.3) is 0 Å². The van der Waals surface area contributed by atoms with Gasteiger partial charge < -0.3 is 5.21 Å². The van der Waals surface area contributed by atoms with E-state index in [4.69, 9.17) is 5.21 Å². The van der Waals surface area contributed by atoms with E-state index in [1.807, 2.05) is 18.2 Å². The molecule has 0 bridgehead atoms. The number of allylic oxidation sites excluding steroid dienone is 1. The molecule has 0 atom stereocenters. The van der Waals surface area contributed by atoms with Crippen molar-refractivity contribution in [3.05, 3.63) is 41.5 Å². The molecule has 1 aliphatic carbocycles. The SMILES string of the molecule is O/N=C1\CCCCCC\C1=C/c1ccccc1. The van der Waals surface area contributed by atoms with E-state index in [9.17, 15) is 0 Å². The van der Waals surface area contributed by atoms with E-state index in [-0.39, 0.29) is 0 Å². The normalized spacial score (nSPS) is 22.4. The van der Waals surface area contributed by atoms with E-state index in [0.29, 0.717) is 0 Å². The molecule has 0 spiro atoms. The highest BCUT2D eigenvalue weighted by Crippen LogP contribution is 2.22. The molecule has 0 heterocycles. The number of rotatable bonds is 1. The Morgan fingerprint density at radius 3 is 2.35 bits per heavy atom. The fourth-order valence-corrected chi connectivity index (χ4v) is 2.29. The molecule has 0 radical (unpaired) electrons. The third-order valence-electron chi connectivity index (χ3n) is 3.24. The van der Waals surface area contributed by atoms with E-state index < -0.39 is 0 Å². The van der Waals surface area contributed by atoms with Gasteiger partial charge in [0.1, 0.15) is 0 Å². The number of hydrogen-bond donors (Lipinski definition) is 1. The molecular weight excluding hydrogens is 210 g/mol. The fraction of sp³-hybridized carbons (Fsp3) is 0.400. The summed E-state index contributed by atoms with van der Waals surface area (Å²) in [5.74, 6) is 0. The third-order valence-corrected chi connectivity index (χ3v) is 3.24. The zero-order chi connectivity index (χ0) is 11.9. The van der Waals surface area contributed by atoms with Gasteiger partial charge in [-0.05, 0) is 42.9 Å². The zero-order valence-electron chi connectivity index (χ0n) is 10.1. The van der Waals surface area contributed by atoms with Crippen LogP contribution in [-0.4, -0.2) is 10.9 Å². The first-order valence-corrected chi connectivity index (χ1v) is 6.37. The molecule has 2 nitrogen and oxygen atoms in total. The maximum atomic E-state index is 9.10. The Morgan fingerprint density at radius 2 is 1.65 bits per heavy atom. The van der Waals surface area contributed by atoms with Crippen molar-refractivity contribution in [3.8, 4) is 0 Å². The molecule has 2 rings (SSSR count). The molecule has 0 amide bonds. The van der Waals surface area contributed by atoms with Crippen LogP contribution in [0.25, 0.3) is 6.08 Å². The van der Waals surface area contributed by atoms with Gasteiger partial charge in [0.2, 0.25) is 0 Å². The van der Waals surface area contributed by atoms with Crippen LogP contribution in [-0.2, 0) is 0 Å². The van der Waals surface area contributed by atoms with Crippen LogP contribution in [0.5, 0.6) is 0 Å². The highest BCUT2D eigenvalue weighted by atomic mass is 16.4. The summed E-state index contributed by atoms with van der Waals surface area (Å²) < 4.78 is 0. The minimum atomic E-state index is 0.869. The highest BCUT2D eigenvalue weighted by molar-refractivity contribution is 6.03. The van der Waals surface area contributed by atoms with Crippen molar-refractivity contribution in [2.75, 3.05) is 0 Å². The minimum Gasteiger partial charge on any atom is -0.411 e. The Bertz CT molecular complexity index is 406. The van der Waals surface area contributed by atoms with Gasteiger partial charge in [0.15, 0.2) is 0 Å². The fourth-order valence-electron chi connectivity index (χ4n) is 2.29. The molecular formula is C15H19NO. The van der Waals surface area contributed by atoms with E-state index in [0.717, 1.165) is 25.0 Å². The summed E-state index contributed by atoms with van der Waals surface area (Å²) >= 11 is 0. The molecule has 1 N–H and O–H groups in total. The number of oxime groups is 1. The smallest absolute Gasteiger partial charge is 0.0827 e. The van der Waals surface area contributed by atoms with Crippen LogP contribution in [0.3, 0.4) is 0 Å². The average molecular weight is 229 g/mol. The summed E-state index contributed by atoms with van der Waals surface area (Å²) in [4.78, 5) is 0. The van der Waals surface area contributed by atoms with Crippen molar-refractivity contribution in [1.82, 2.24) is 0 Å². The molecule has 2 heteroatoms. The first-order valence-electron chi connectivity index (χ1n) is 6.37. The monoisotopic (exact) mass is 229 g/mol. The molecule has 0 unspecified atom stereocenters. The second-order valence-electron chi connectivity index (χ2n) is 4.54. The third kappa shape index (κ3) is 3.45. The largest absolute Gasteiger partial charge is 0.411 e. The van der Waals surface area contributed by atoms with E-state index in [1.165, 1.54) is 30.4 Å². The standard InChI is InChI=1S/C15H19NO/c17-16-15-11-7-2-1-6-10-14(15)12-13-8-4-3-5-9-13/h3-5,8-9,12,17H,1-2,6-7,10-11H2/b14-12+,16-15+. The van der Waals surface area contributed by atoms with Crippen LogP contribution >= 0.6 is 0 Å². The molecule has 1 saturated carbocycles. The summed E-state index contributed by atoms with van der Waals surface area (Å²) in [7, 11) is 0. The molecule has 0 aliphatic heterocycles. The zero-order valence-corrected chi connectivity index (χ0v) is 10.1. The summed E-state index contributed by atoms with van der Waals surface area (Å²) in [6.07, 6.45) is 8.93. The van der Waals surface area contributed by atoms with Gasteiger partial charge in [-0.3, -0.25) is 0 Å². The molecule has 1 fully saturated rings. The van der Waals surface area contributed by atoms with Gasteiger partial charge in [-0.15, -0.1) is 0 Å². The minimum absolute atomic E-state index is 0.869. The maximum Gasteiger partial charge on any atom is 0.0827 e. The lowest BCUT2D eigenvalue weighted by Gasteiger charge is -2.13. The molecule has 90 valence electrons. The second kappa shape index (κ2) is 6.24. The van der Waals surface area contributed by atoms with Gasteiger partial charge >= 0.3 is 0 Å². The summed E-state index contributed by atoms with van der Waals surface area (Å²) in [6.45, 7) is 0.